The summed E-state index contributed by atoms with van der Waals surface area (Å²) in [5.41, 5.74) is 1.02. The van der Waals surface area contributed by atoms with Gasteiger partial charge in [0.25, 0.3) is 0 Å². The molecular formula is C20H26N2O4. The van der Waals surface area contributed by atoms with E-state index in [9.17, 15) is 9.59 Å². The van der Waals surface area contributed by atoms with Gasteiger partial charge in [-0.3, -0.25) is 9.59 Å². The number of piperidine rings is 1. The Morgan fingerprint density at radius 2 is 1.65 bits per heavy atom. The van der Waals surface area contributed by atoms with E-state index < -0.39 is 11.2 Å². The minimum absolute atomic E-state index is 0.111. The number of fused-ring (bicyclic) bond motifs is 1. The van der Waals surface area contributed by atoms with E-state index in [1.807, 2.05) is 24.3 Å². The van der Waals surface area contributed by atoms with E-state index in [1.54, 1.807) is 23.6 Å². The summed E-state index contributed by atoms with van der Waals surface area (Å²) < 4.78 is 11.5. The molecule has 0 bridgehead atoms. The van der Waals surface area contributed by atoms with Crippen molar-refractivity contribution in [3.05, 3.63) is 29.8 Å². The smallest absolute Gasteiger partial charge is 0.242 e. The molecule has 2 amide bonds. The van der Waals surface area contributed by atoms with Crippen LogP contribution in [0, 0.1) is 5.41 Å². The number of rotatable bonds is 2. The van der Waals surface area contributed by atoms with Crippen LogP contribution in [0.3, 0.4) is 0 Å². The van der Waals surface area contributed by atoms with Gasteiger partial charge < -0.3 is 19.3 Å². The molecule has 140 valence electrons. The van der Waals surface area contributed by atoms with Gasteiger partial charge in [0.1, 0.15) is 5.41 Å². The quantitative estimate of drug-likeness (QED) is 0.759. The van der Waals surface area contributed by atoms with Crippen molar-refractivity contribution in [2.24, 2.45) is 5.41 Å². The van der Waals surface area contributed by atoms with Crippen molar-refractivity contribution >= 4 is 17.5 Å². The molecule has 26 heavy (non-hydrogen) atoms. The minimum Gasteiger partial charge on any atom is -0.347 e. The van der Waals surface area contributed by atoms with Crippen molar-refractivity contribution < 1.29 is 19.1 Å². The number of benzene rings is 1. The fourth-order valence-electron chi connectivity index (χ4n) is 4.21. The predicted octanol–water partition coefficient (Wildman–Crippen LogP) is 1.97. The average molecular weight is 358 g/mol. The van der Waals surface area contributed by atoms with Crippen molar-refractivity contribution in [2.75, 3.05) is 37.7 Å². The fourth-order valence-corrected chi connectivity index (χ4v) is 4.21. The third kappa shape index (κ3) is 2.81. The lowest BCUT2D eigenvalue weighted by atomic mass is 9.88. The summed E-state index contributed by atoms with van der Waals surface area (Å²) in [7, 11) is 0. The lowest BCUT2D eigenvalue weighted by Crippen LogP contribution is -2.54. The first-order valence-electron chi connectivity index (χ1n) is 9.40. The van der Waals surface area contributed by atoms with E-state index in [-0.39, 0.29) is 11.8 Å². The van der Waals surface area contributed by atoms with Gasteiger partial charge in [-0.05, 0) is 31.9 Å². The summed E-state index contributed by atoms with van der Waals surface area (Å²) in [6, 6.07) is 7.92. The van der Waals surface area contributed by atoms with Crippen LogP contribution in [0.4, 0.5) is 5.69 Å². The normalized spacial score (nSPS) is 21.9. The molecule has 3 aliphatic heterocycles. The van der Waals surface area contributed by atoms with Gasteiger partial charge >= 0.3 is 0 Å². The number of hydrogen-bond acceptors (Lipinski definition) is 4. The largest absolute Gasteiger partial charge is 0.347 e. The molecule has 4 rings (SSSR count). The Kier molecular flexibility index (Phi) is 4.28. The third-order valence-electron chi connectivity index (χ3n) is 5.83. The molecule has 1 aromatic rings. The molecule has 0 saturated carbocycles. The third-order valence-corrected chi connectivity index (χ3v) is 5.83. The maximum Gasteiger partial charge on any atom is 0.242 e. The SMILES string of the molecule is CC(C)(C(=O)N1CCC2(CC1)OCCO2)C(=O)N1CCc2ccccc21. The lowest BCUT2D eigenvalue weighted by molar-refractivity contribution is -0.189. The van der Waals surface area contributed by atoms with Gasteiger partial charge in [-0.2, -0.15) is 0 Å². The van der Waals surface area contributed by atoms with Crippen molar-refractivity contribution in [3.63, 3.8) is 0 Å². The number of carbonyl (C=O) groups excluding carboxylic acids is 2. The molecule has 0 aromatic heterocycles. The van der Waals surface area contributed by atoms with E-state index in [0.29, 0.717) is 45.7 Å². The van der Waals surface area contributed by atoms with E-state index in [1.165, 1.54) is 5.56 Å². The van der Waals surface area contributed by atoms with Crippen LogP contribution in [0.15, 0.2) is 24.3 Å². The van der Waals surface area contributed by atoms with Gasteiger partial charge in [0.15, 0.2) is 5.79 Å². The monoisotopic (exact) mass is 358 g/mol. The molecule has 0 unspecified atom stereocenters. The number of ether oxygens (including phenoxy) is 2. The molecule has 1 spiro atoms. The highest BCUT2D eigenvalue weighted by Crippen LogP contribution is 2.35. The van der Waals surface area contributed by atoms with Crippen LogP contribution >= 0.6 is 0 Å². The Hall–Kier alpha value is -1.92. The van der Waals surface area contributed by atoms with E-state index in [2.05, 4.69) is 0 Å². The van der Waals surface area contributed by atoms with Crippen LogP contribution < -0.4 is 4.90 Å². The van der Waals surface area contributed by atoms with Crippen LogP contribution in [0.1, 0.15) is 32.3 Å². The Labute approximate surface area is 154 Å². The second kappa shape index (κ2) is 6.35. The summed E-state index contributed by atoms with van der Waals surface area (Å²) in [6.45, 7) is 6.48. The molecule has 0 atom stereocenters. The molecule has 2 fully saturated rings. The number of amides is 2. The van der Waals surface area contributed by atoms with Gasteiger partial charge in [-0.1, -0.05) is 18.2 Å². The maximum atomic E-state index is 13.2. The Balaban J connectivity index is 1.46. The number of para-hydroxylation sites is 1. The second-order valence-corrected chi connectivity index (χ2v) is 7.86. The number of hydrogen-bond donors (Lipinski definition) is 0. The highest BCUT2D eigenvalue weighted by molar-refractivity contribution is 6.11. The predicted molar refractivity (Wildman–Crippen MR) is 96.7 cm³/mol. The second-order valence-electron chi connectivity index (χ2n) is 7.86. The zero-order valence-corrected chi connectivity index (χ0v) is 15.5. The van der Waals surface area contributed by atoms with Gasteiger partial charge in [-0.25, -0.2) is 0 Å². The number of likely N-dealkylation sites (tertiary alicyclic amines) is 1. The van der Waals surface area contributed by atoms with Gasteiger partial charge in [-0.15, -0.1) is 0 Å². The fraction of sp³-hybridized carbons (Fsp3) is 0.600. The molecule has 3 aliphatic rings. The van der Waals surface area contributed by atoms with Gasteiger partial charge in [0.2, 0.25) is 11.8 Å². The standard InChI is InChI=1S/C20H26N2O4/c1-19(2,18(24)22-10-7-15-5-3-4-6-16(15)22)17(23)21-11-8-20(9-12-21)25-13-14-26-20/h3-6H,7-14H2,1-2H3. The summed E-state index contributed by atoms with van der Waals surface area (Å²) in [4.78, 5) is 29.9. The van der Waals surface area contributed by atoms with Crippen LogP contribution in [-0.4, -0.2) is 55.3 Å². The Morgan fingerprint density at radius 3 is 2.35 bits per heavy atom. The summed E-state index contributed by atoms with van der Waals surface area (Å²) >= 11 is 0. The van der Waals surface area contributed by atoms with Crippen LogP contribution in [0.5, 0.6) is 0 Å². The van der Waals surface area contributed by atoms with E-state index in [4.69, 9.17) is 9.47 Å². The van der Waals surface area contributed by atoms with Crippen molar-refractivity contribution in [3.8, 4) is 0 Å². The zero-order valence-electron chi connectivity index (χ0n) is 15.5. The van der Waals surface area contributed by atoms with E-state index in [0.717, 1.165) is 12.1 Å². The topological polar surface area (TPSA) is 59.1 Å². The maximum absolute atomic E-state index is 13.2. The van der Waals surface area contributed by atoms with Crippen molar-refractivity contribution in [1.29, 1.82) is 0 Å². The molecule has 6 heteroatoms. The van der Waals surface area contributed by atoms with Gasteiger partial charge in [0.05, 0.1) is 13.2 Å². The molecule has 0 radical (unpaired) electrons. The lowest BCUT2D eigenvalue weighted by Gasteiger charge is -2.40. The zero-order chi connectivity index (χ0) is 18.4. The minimum atomic E-state index is -1.08. The van der Waals surface area contributed by atoms with E-state index >= 15 is 0 Å². The first-order chi connectivity index (χ1) is 12.4. The molecule has 1 aromatic carbocycles. The summed E-state index contributed by atoms with van der Waals surface area (Å²) in [5.74, 6) is -0.750. The van der Waals surface area contributed by atoms with Gasteiger partial charge in [0, 0.05) is 38.2 Å². The molecule has 2 saturated heterocycles. The molecule has 0 aliphatic carbocycles. The Morgan fingerprint density at radius 1 is 1.00 bits per heavy atom. The molecule has 6 nitrogen and oxygen atoms in total. The molecule has 0 N–H and O–H groups in total. The molecular weight excluding hydrogens is 332 g/mol. The summed E-state index contributed by atoms with van der Waals surface area (Å²) in [6.07, 6.45) is 2.16. The van der Waals surface area contributed by atoms with Crippen LogP contribution in [0.25, 0.3) is 0 Å². The number of carbonyl (C=O) groups is 2. The Bertz CT molecular complexity index is 714. The highest BCUT2D eigenvalue weighted by Gasteiger charge is 2.47. The number of nitrogens with zero attached hydrogens (tertiary/aromatic N) is 2. The highest BCUT2D eigenvalue weighted by atomic mass is 16.7. The average Bonchev–Trinajstić information content (AvgIpc) is 3.28. The first kappa shape index (κ1) is 17.5. The van der Waals surface area contributed by atoms with Crippen molar-refractivity contribution in [2.45, 2.75) is 38.9 Å². The molecule has 3 heterocycles. The summed E-state index contributed by atoms with van der Waals surface area (Å²) in [5, 5.41) is 0. The van der Waals surface area contributed by atoms with Crippen LogP contribution in [0.2, 0.25) is 0 Å². The van der Waals surface area contributed by atoms with Crippen molar-refractivity contribution in [1.82, 2.24) is 4.90 Å². The first-order valence-corrected chi connectivity index (χ1v) is 9.40. The van der Waals surface area contributed by atoms with Crippen LogP contribution in [-0.2, 0) is 25.5 Å². The number of anilines is 1.